The summed E-state index contributed by atoms with van der Waals surface area (Å²) in [6.45, 7) is 5.86. The predicted octanol–water partition coefficient (Wildman–Crippen LogP) is 1.43. The van der Waals surface area contributed by atoms with Crippen molar-refractivity contribution in [3.05, 3.63) is 55.4 Å². The van der Waals surface area contributed by atoms with E-state index in [2.05, 4.69) is 15.6 Å². The Labute approximate surface area is 214 Å². The van der Waals surface area contributed by atoms with Gasteiger partial charge in [0.05, 0.1) is 21.3 Å². The molecule has 0 radical (unpaired) electrons. The van der Waals surface area contributed by atoms with Gasteiger partial charge in [-0.1, -0.05) is 13.8 Å². The number of carbonyl (C=O) groups is 2. The number of ether oxygens (including phenoxy) is 4. The number of methoxy groups -OCH3 is 4. The number of esters is 1. The smallest absolute Gasteiger partial charge is 0.360 e. The molecule has 2 aliphatic heterocycles. The number of Topliss-reactive ketones (excluding diaryl/α,β-unsaturated/α-hetero) is 1. The lowest BCUT2D eigenvalue weighted by Gasteiger charge is -2.15. The Balaban J connectivity index is 0.000000208. The number of fused-ring (bicyclic) bond motifs is 2. The summed E-state index contributed by atoms with van der Waals surface area (Å²) >= 11 is 0. The fourth-order valence-corrected chi connectivity index (χ4v) is 4.38. The topological polar surface area (TPSA) is 139 Å². The lowest BCUT2D eigenvalue weighted by Crippen LogP contribution is -2.24. The van der Waals surface area contributed by atoms with E-state index in [0.717, 1.165) is 11.4 Å². The average Bonchev–Trinajstić information content (AvgIpc) is 3.44. The highest BCUT2D eigenvalue weighted by Gasteiger charge is 2.29. The zero-order valence-corrected chi connectivity index (χ0v) is 22.0. The van der Waals surface area contributed by atoms with Gasteiger partial charge < -0.3 is 29.8 Å². The summed E-state index contributed by atoms with van der Waals surface area (Å²) in [5, 5.41) is 0. The summed E-state index contributed by atoms with van der Waals surface area (Å²) in [6.07, 6.45) is 0.940. The third-order valence-corrected chi connectivity index (χ3v) is 6.32. The van der Waals surface area contributed by atoms with E-state index < -0.39 is 5.97 Å². The van der Waals surface area contributed by atoms with Gasteiger partial charge in [-0.05, 0) is 6.42 Å². The minimum atomic E-state index is -0.595. The van der Waals surface area contributed by atoms with E-state index in [9.17, 15) is 19.2 Å². The maximum atomic E-state index is 12.4. The largest absolute Gasteiger partial charge is 0.491 e. The van der Waals surface area contributed by atoms with Gasteiger partial charge in [0.1, 0.15) is 0 Å². The number of hydrogen-bond donors (Lipinski definition) is 2. The first-order valence-electron chi connectivity index (χ1n) is 12.0. The number of pyridine rings is 2. The summed E-state index contributed by atoms with van der Waals surface area (Å²) < 4.78 is 23.0. The second kappa shape index (κ2) is 12.0. The first-order valence-corrected chi connectivity index (χ1v) is 12.0. The first-order chi connectivity index (χ1) is 17.7. The Morgan fingerprint density at radius 1 is 0.865 bits per heavy atom. The highest BCUT2D eigenvalue weighted by Crippen LogP contribution is 2.26. The number of rotatable bonds is 8. The zero-order valence-electron chi connectivity index (χ0n) is 22.0. The second-order valence-electron chi connectivity index (χ2n) is 8.84. The molecule has 12 nitrogen and oxygen atoms in total. The van der Waals surface area contributed by atoms with Gasteiger partial charge in [-0.25, -0.2) is 4.79 Å². The third-order valence-electron chi connectivity index (χ3n) is 6.32. The lowest BCUT2D eigenvalue weighted by molar-refractivity contribution is 0.0584. The van der Waals surface area contributed by atoms with E-state index in [4.69, 9.17) is 14.2 Å². The molecule has 202 valence electrons. The van der Waals surface area contributed by atoms with Gasteiger partial charge in [0, 0.05) is 68.6 Å². The van der Waals surface area contributed by atoms with E-state index in [-0.39, 0.29) is 45.7 Å². The van der Waals surface area contributed by atoms with Crippen molar-refractivity contribution in [3.8, 4) is 11.5 Å². The number of carbonyl (C=O) groups excluding carboxylic acids is 2. The maximum Gasteiger partial charge on any atom is 0.360 e. The molecule has 0 aliphatic carbocycles. The third kappa shape index (κ3) is 5.48. The maximum absolute atomic E-state index is 12.4. The van der Waals surface area contributed by atoms with Crippen molar-refractivity contribution in [2.45, 2.75) is 38.5 Å². The van der Waals surface area contributed by atoms with E-state index in [1.807, 2.05) is 13.8 Å². The van der Waals surface area contributed by atoms with Crippen LogP contribution in [0.4, 0.5) is 0 Å². The predicted molar refractivity (Wildman–Crippen MR) is 137 cm³/mol. The van der Waals surface area contributed by atoms with Crippen LogP contribution in [-0.4, -0.2) is 69.2 Å². The average molecular weight is 519 g/mol. The number of aromatic nitrogens is 2. The fraction of sp³-hybridized carbons (Fsp3) is 0.520. The molecule has 2 aromatic heterocycles. The monoisotopic (exact) mass is 518 g/mol. The highest BCUT2D eigenvalue weighted by molar-refractivity contribution is 5.97. The minimum absolute atomic E-state index is 0.00204. The molecule has 2 aliphatic rings. The van der Waals surface area contributed by atoms with Crippen molar-refractivity contribution in [2.75, 3.05) is 59.0 Å². The van der Waals surface area contributed by atoms with Gasteiger partial charge in [-0.3, -0.25) is 23.7 Å². The Hall–Kier alpha value is -3.80. The van der Waals surface area contributed by atoms with Crippen molar-refractivity contribution in [3.63, 3.8) is 0 Å². The standard InChI is InChI=1S/C14H20N2O4.C11H14N2O4/c1-9-8-15-16-10(9)7-12(18)14(20-3)13(16)11(17)5-4-6-19-2;1-6-5-12-13-7(6)4-8(14)10(16-2)9(13)11(15)17-3/h7,9,15H,4-6,8H2,1-3H3;4,6,12H,5H2,1-3H3. The molecule has 2 N–H and O–H groups in total. The van der Waals surface area contributed by atoms with E-state index in [1.54, 1.807) is 16.5 Å². The molecule has 37 heavy (non-hydrogen) atoms. The second-order valence-corrected chi connectivity index (χ2v) is 8.84. The van der Waals surface area contributed by atoms with Gasteiger partial charge in [-0.15, -0.1) is 0 Å². The van der Waals surface area contributed by atoms with Crippen molar-refractivity contribution in [1.29, 1.82) is 0 Å². The Morgan fingerprint density at radius 2 is 1.35 bits per heavy atom. The molecule has 0 fully saturated rings. The fourth-order valence-electron chi connectivity index (χ4n) is 4.38. The van der Waals surface area contributed by atoms with Crippen LogP contribution >= 0.6 is 0 Å². The van der Waals surface area contributed by atoms with Crippen LogP contribution in [0.1, 0.15) is 70.9 Å². The summed E-state index contributed by atoms with van der Waals surface area (Å²) in [5.74, 6) is -0.238. The van der Waals surface area contributed by atoms with Crippen LogP contribution in [0.15, 0.2) is 21.7 Å². The summed E-state index contributed by atoms with van der Waals surface area (Å²) in [7, 11) is 5.63. The van der Waals surface area contributed by atoms with Gasteiger partial charge in [0.25, 0.3) is 0 Å². The van der Waals surface area contributed by atoms with Gasteiger partial charge >= 0.3 is 5.97 Å². The van der Waals surface area contributed by atoms with E-state index in [0.29, 0.717) is 38.2 Å². The van der Waals surface area contributed by atoms with E-state index in [1.165, 1.54) is 33.5 Å². The molecule has 0 bridgehead atoms. The Bertz CT molecular complexity index is 1280. The number of nitrogens with one attached hydrogen (secondary N) is 2. The molecule has 2 aromatic rings. The quantitative estimate of drug-likeness (QED) is 0.300. The SMILES string of the molecule is COC(=O)c1c(OC)c(=O)cc2n1NCC2C.COCCCC(=O)c1c(OC)c(=O)cc2n1NCC2C. The summed E-state index contributed by atoms with van der Waals surface area (Å²) in [4.78, 5) is 48.0. The van der Waals surface area contributed by atoms with Crippen molar-refractivity contribution in [1.82, 2.24) is 9.35 Å². The Morgan fingerprint density at radius 3 is 1.81 bits per heavy atom. The normalized spacial score (nSPS) is 16.9. The number of hydrogen-bond acceptors (Lipinski definition) is 10. The number of ketones is 1. The molecule has 0 saturated carbocycles. The van der Waals surface area contributed by atoms with Crippen molar-refractivity contribution in [2.24, 2.45) is 0 Å². The lowest BCUT2D eigenvalue weighted by atomic mass is 10.1. The van der Waals surface area contributed by atoms with Crippen LogP contribution in [0.5, 0.6) is 11.5 Å². The van der Waals surface area contributed by atoms with Crippen LogP contribution in [-0.2, 0) is 9.47 Å². The van der Waals surface area contributed by atoms with Crippen LogP contribution in [0.2, 0.25) is 0 Å². The summed E-state index contributed by atoms with van der Waals surface area (Å²) in [5.41, 5.74) is 7.63. The molecule has 2 unspecified atom stereocenters. The molecule has 4 heterocycles. The van der Waals surface area contributed by atoms with Crippen molar-refractivity contribution < 1.29 is 28.5 Å². The van der Waals surface area contributed by atoms with Gasteiger partial charge in [-0.2, -0.15) is 0 Å². The molecular weight excluding hydrogens is 484 g/mol. The van der Waals surface area contributed by atoms with Crippen LogP contribution in [0, 0.1) is 0 Å². The van der Waals surface area contributed by atoms with Crippen molar-refractivity contribution >= 4 is 11.8 Å². The summed E-state index contributed by atoms with van der Waals surface area (Å²) in [6, 6.07) is 3.02. The minimum Gasteiger partial charge on any atom is -0.491 e. The zero-order chi connectivity index (χ0) is 27.3. The molecule has 0 amide bonds. The van der Waals surface area contributed by atoms with Crippen LogP contribution in [0.3, 0.4) is 0 Å². The van der Waals surface area contributed by atoms with Crippen LogP contribution in [0.25, 0.3) is 0 Å². The molecule has 4 rings (SSSR count). The number of nitrogens with zero attached hydrogens (tertiary/aromatic N) is 2. The van der Waals surface area contributed by atoms with Crippen LogP contribution < -0.4 is 31.2 Å². The molecule has 0 saturated heterocycles. The highest BCUT2D eigenvalue weighted by atomic mass is 16.5. The molecule has 2 atom stereocenters. The van der Waals surface area contributed by atoms with Gasteiger partial charge in [0.15, 0.2) is 28.7 Å². The first kappa shape index (κ1) is 27.8. The Kier molecular flexibility index (Phi) is 8.98. The molecular formula is C25H34N4O8. The van der Waals surface area contributed by atoms with Gasteiger partial charge in [0.2, 0.25) is 10.9 Å². The molecule has 12 heteroatoms. The molecule has 0 spiro atoms. The molecule has 0 aromatic carbocycles. The van der Waals surface area contributed by atoms with E-state index >= 15 is 0 Å².